The van der Waals surface area contributed by atoms with Gasteiger partial charge < -0.3 is 20.5 Å². The van der Waals surface area contributed by atoms with E-state index in [0.717, 1.165) is 25.7 Å². The quantitative estimate of drug-likeness (QED) is 0.476. The van der Waals surface area contributed by atoms with Crippen molar-refractivity contribution in [2.45, 2.75) is 56.9 Å². The zero-order chi connectivity index (χ0) is 23.9. The molecule has 2 amide bonds. The third-order valence-electron chi connectivity index (χ3n) is 6.88. The number of carboxylic acid groups (broad SMARTS) is 1. The number of aliphatic carboxylic acids is 1. The molecule has 2 aliphatic carbocycles. The van der Waals surface area contributed by atoms with Gasteiger partial charge in [-0.05, 0) is 60.8 Å². The molecular formula is C27H32N2O5. The number of rotatable bonds is 9. The normalized spacial score (nSPS) is 19.1. The number of carbonyl (C=O) groups is 3. The fourth-order valence-electron chi connectivity index (χ4n) is 5.06. The first-order valence-corrected chi connectivity index (χ1v) is 12.1. The van der Waals surface area contributed by atoms with Crippen LogP contribution in [0.5, 0.6) is 0 Å². The van der Waals surface area contributed by atoms with E-state index < -0.39 is 12.1 Å². The molecule has 1 saturated carbocycles. The minimum absolute atomic E-state index is 0.00951. The highest BCUT2D eigenvalue weighted by Crippen LogP contribution is 2.44. The van der Waals surface area contributed by atoms with Crippen molar-refractivity contribution in [1.29, 1.82) is 0 Å². The van der Waals surface area contributed by atoms with E-state index in [0.29, 0.717) is 26.0 Å². The van der Waals surface area contributed by atoms with Gasteiger partial charge in [-0.15, -0.1) is 0 Å². The van der Waals surface area contributed by atoms with Crippen molar-refractivity contribution in [2.75, 3.05) is 13.2 Å². The average molecular weight is 465 g/mol. The smallest absolute Gasteiger partial charge is 0.407 e. The second-order valence-corrected chi connectivity index (χ2v) is 9.16. The first-order chi connectivity index (χ1) is 16.5. The van der Waals surface area contributed by atoms with Gasteiger partial charge in [0, 0.05) is 30.8 Å². The molecule has 2 aromatic carbocycles. The third-order valence-corrected chi connectivity index (χ3v) is 6.88. The first-order valence-electron chi connectivity index (χ1n) is 12.1. The maximum absolute atomic E-state index is 12.5. The molecule has 0 unspecified atom stereocenters. The Morgan fingerprint density at radius 1 is 0.882 bits per heavy atom. The largest absolute Gasteiger partial charge is 0.481 e. The SMILES string of the molecule is O=C(O)CCCCNC(=O)C1CCC(NC(=O)OCC2c3ccccc3-c3ccccc32)CC1. The van der Waals surface area contributed by atoms with E-state index in [9.17, 15) is 14.4 Å². The highest BCUT2D eigenvalue weighted by molar-refractivity contribution is 5.79. The zero-order valence-corrected chi connectivity index (χ0v) is 19.3. The molecule has 180 valence electrons. The minimum Gasteiger partial charge on any atom is -0.481 e. The van der Waals surface area contributed by atoms with E-state index in [1.54, 1.807) is 0 Å². The van der Waals surface area contributed by atoms with Crippen LogP contribution in [-0.2, 0) is 14.3 Å². The number of ether oxygens (including phenoxy) is 1. The third kappa shape index (κ3) is 5.76. The highest BCUT2D eigenvalue weighted by Gasteiger charge is 2.30. The number of unbranched alkanes of at least 4 members (excludes halogenated alkanes) is 1. The summed E-state index contributed by atoms with van der Waals surface area (Å²) in [4.78, 5) is 35.4. The van der Waals surface area contributed by atoms with Gasteiger partial charge in [0.05, 0.1) is 0 Å². The summed E-state index contributed by atoms with van der Waals surface area (Å²) in [7, 11) is 0. The Kier molecular flexibility index (Phi) is 7.83. The van der Waals surface area contributed by atoms with Crippen LogP contribution in [0.3, 0.4) is 0 Å². The standard InChI is InChI=1S/C27H32N2O5/c30-25(31)11-5-6-16-28-26(32)18-12-14-19(15-13-18)29-27(33)34-17-24-22-9-3-1-7-20(22)21-8-2-4-10-23(21)24/h1-4,7-10,18-19,24H,5-6,11-17H2,(H,28,32)(H,29,33)(H,30,31). The molecule has 3 N–H and O–H groups in total. The van der Waals surface area contributed by atoms with Crippen molar-refractivity contribution in [3.8, 4) is 11.1 Å². The number of amides is 2. The monoisotopic (exact) mass is 464 g/mol. The molecule has 0 heterocycles. The molecule has 0 aromatic heterocycles. The van der Waals surface area contributed by atoms with Crippen molar-refractivity contribution < 1.29 is 24.2 Å². The summed E-state index contributed by atoms with van der Waals surface area (Å²) in [5.41, 5.74) is 4.77. The number of hydrogen-bond acceptors (Lipinski definition) is 4. The van der Waals surface area contributed by atoms with Crippen LogP contribution in [0.2, 0.25) is 0 Å². The molecule has 2 aromatic rings. The van der Waals surface area contributed by atoms with Gasteiger partial charge in [-0.1, -0.05) is 48.5 Å². The summed E-state index contributed by atoms with van der Waals surface area (Å²) >= 11 is 0. The van der Waals surface area contributed by atoms with Gasteiger partial charge in [0.25, 0.3) is 0 Å². The van der Waals surface area contributed by atoms with Crippen molar-refractivity contribution in [3.63, 3.8) is 0 Å². The molecule has 7 nitrogen and oxygen atoms in total. The van der Waals surface area contributed by atoms with Gasteiger partial charge in [0.2, 0.25) is 5.91 Å². The Labute approximate surface area is 199 Å². The van der Waals surface area contributed by atoms with Gasteiger partial charge in [0.15, 0.2) is 0 Å². The van der Waals surface area contributed by atoms with Crippen LogP contribution in [0, 0.1) is 5.92 Å². The van der Waals surface area contributed by atoms with Gasteiger partial charge in [0.1, 0.15) is 6.61 Å². The van der Waals surface area contributed by atoms with Crippen LogP contribution >= 0.6 is 0 Å². The Morgan fingerprint density at radius 3 is 2.12 bits per heavy atom. The number of fused-ring (bicyclic) bond motifs is 3. The second kappa shape index (κ2) is 11.2. The summed E-state index contributed by atoms with van der Waals surface area (Å²) in [6, 6.07) is 16.5. The summed E-state index contributed by atoms with van der Waals surface area (Å²) in [5, 5.41) is 14.5. The molecule has 0 atom stereocenters. The molecule has 4 rings (SSSR count). The highest BCUT2D eigenvalue weighted by atomic mass is 16.5. The summed E-state index contributed by atoms with van der Waals surface area (Å²) in [5.74, 6) is -0.809. The van der Waals surface area contributed by atoms with Crippen LogP contribution in [0.25, 0.3) is 11.1 Å². The molecule has 0 bridgehead atoms. The lowest BCUT2D eigenvalue weighted by Crippen LogP contribution is -2.41. The zero-order valence-electron chi connectivity index (χ0n) is 19.3. The van der Waals surface area contributed by atoms with Crippen molar-refractivity contribution >= 4 is 18.0 Å². The molecule has 2 aliphatic rings. The molecule has 7 heteroatoms. The van der Waals surface area contributed by atoms with Gasteiger partial charge in [-0.2, -0.15) is 0 Å². The Balaban J connectivity index is 1.19. The number of carbonyl (C=O) groups excluding carboxylic acids is 2. The molecule has 0 radical (unpaired) electrons. The topological polar surface area (TPSA) is 105 Å². The van der Waals surface area contributed by atoms with Crippen molar-refractivity contribution in [3.05, 3.63) is 59.7 Å². The first kappa shape index (κ1) is 23.8. The predicted octanol–water partition coefficient (Wildman–Crippen LogP) is 4.46. The number of benzene rings is 2. The Morgan fingerprint density at radius 2 is 1.50 bits per heavy atom. The molecule has 0 aliphatic heterocycles. The van der Waals surface area contributed by atoms with Crippen LogP contribution in [0.4, 0.5) is 4.79 Å². The van der Waals surface area contributed by atoms with Gasteiger partial charge >= 0.3 is 12.1 Å². The number of hydrogen-bond donors (Lipinski definition) is 3. The van der Waals surface area contributed by atoms with E-state index >= 15 is 0 Å². The summed E-state index contributed by atoms with van der Waals surface area (Å²) < 4.78 is 5.64. The lowest BCUT2D eigenvalue weighted by molar-refractivity contribution is -0.137. The van der Waals surface area contributed by atoms with Gasteiger partial charge in [-0.3, -0.25) is 9.59 Å². The molecule has 0 spiro atoms. The van der Waals surface area contributed by atoms with Crippen LogP contribution in [0.15, 0.2) is 48.5 Å². The Hall–Kier alpha value is -3.35. The fraction of sp³-hybridized carbons (Fsp3) is 0.444. The Bertz CT molecular complexity index is 984. The number of alkyl carbamates (subject to hydrolysis) is 1. The summed E-state index contributed by atoms with van der Waals surface area (Å²) in [6.07, 6.45) is 3.85. The van der Waals surface area contributed by atoms with Crippen LogP contribution in [0.1, 0.15) is 62.0 Å². The lowest BCUT2D eigenvalue weighted by atomic mass is 9.85. The fourth-order valence-corrected chi connectivity index (χ4v) is 5.06. The maximum Gasteiger partial charge on any atom is 0.407 e. The number of carboxylic acids is 1. The maximum atomic E-state index is 12.5. The van der Waals surface area contributed by atoms with Crippen LogP contribution < -0.4 is 10.6 Å². The molecule has 0 saturated heterocycles. The number of nitrogens with one attached hydrogen (secondary N) is 2. The van der Waals surface area contributed by atoms with Gasteiger partial charge in [-0.25, -0.2) is 4.79 Å². The van der Waals surface area contributed by atoms with E-state index in [1.807, 2.05) is 24.3 Å². The van der Waals surface area contributed by atoms with E-state index in [2.05, 4.69) is 34.9 Å². The van der Waals surface area contributed by atoms with Crippen LogP contribution in [-0.4, -0.2) is 42.3 Å². The summed E-state index contributed by atoms with van der Waals surface area (Å²) in [6.45, 7) is 0.795. The van der Waals surface area contributed by atoms with E-state index in [-0.39, 0.29) is 30.2 Å². The molecule has 1 fully saturated rings. The van der Waals surface area contributed by atoms with Crippen molar-refractivity contribution in [1.82, 2.24) is 10.6 Å². The molecular weight excluding hydrogens is 432 g/mol. The van der Waals surface area contributed by atoms with Crippen molar-refractivity contribution in [2.24, 2.45) is 5.92 Å². The van der Waals surface area contributed by atoms with E-state index in [4.69, 9.17) is 9.84 Å². The predicted molar refractivity (Wildman–Crippen MR) is 128 cm³/mol. The average Bonchev–Trinajstić information content (AvgIpc) is 3.16. The minimum atomic E-state index is -0.812. The lowest BCUT2D eigenvalue weighted by Gasteiger charge is -2.28. The van der Waals surface area contributed by atoms with E-state index in [1.165, 1.54) is 22.3 Å². The second-order valence-electron chi connectivity index (χ2n) is 9.16. The molecule has 34 heavy (non-hydrogen) atoms.